The topological polar surface area (TPSA) is 63.5 Å². The zero-order valence-corrected chi connectivity index (χ0v) is 15.8. The lowest BCUT2D eigenvalue weighted by Crippen LogP contribution is -2.15. The van der Waals surface area contributed by atoms with Crippen molar-refractivity contribution in [3.05, 3.63) is 77.2 Å². The molecular weight excluding hydrogens is 377 g/mol. The van der Waals surface area contributed by atoms with E-state index in [1.54, 1.807) is 36.4 Å². The van der Waals surface area contributed by atoms with Crippen molar-refractivity contribution in [3.63, 3.8) is 0 Å². The first-order chi connectivity index (χ1) is 13.5. The van der Waals surface area contributed by atoms with Crippen LogP contribution in [0, 0.1) is 5.82 Å². The minimum Gasteiger partial charge on any atom is -0.326 e. The van der Waals surface area contributed by atoms with E-state index < -0.39 is 0 Å². The molecule has 0 fully saturated rings. The summed E-state index contributed by atoms with van der Waals surface area (Å²) in [5.74, 6) is -0.471. The largest absolute Gasteiger partial charge is 0.326 e. The van der Waals surface area contributed by atoms with Crippen LogP contribution in [0.15, 0.2) is 60.1 Å². The van der Waals surface area contributed by atoms with Crippen LogP contribution < -0.4 is 5.32 Å². The Hall–Kier alpha value is -3.32. The summed E-state index contributed by atoms with van der Waals surface area (Å²) in [4.78, 5) is 29.0. The van der Waals surface area contributed by atoms with E-state index >= 15 is 0 Å². The van der Waals surface area contributed by atoms with Gasteiger partial charge >= 0.3 is 0 Å². The van der Waals surface area contributed by atoms with Crippen LogP contribution in [0.2, 0.25) is 0 Å². The zero-order chi connectivity index (χ0) is 19.7. The molecule has 2 heterocycles. The summed E-state index contributed by atoms with van der Waals surface area (Å²) in [6.45, 7) is 1.50. The van der Waals surface area contributed by atoms with E-state index in [2.05, 4.69) is 10.3 Å². The molecule has 0 unspecified atom stereocenters. The quantitative estimate of drug-likeness (QED) is 0.505. The van der Waals surface area contributed by atoms with E-state index in [4.69, 9.17) is 0 Å². The predicted octanol–water partition coefficient (Wildman–Crippen LogP) is 4.59. The van der Waals surface area contributed by atoms with Gasteiger partial charge in [-0.25, -0.2) is 9.37 Å². The number of imidazole rings is 1. The Labute approximate surface area is 164 Å². The summed E-state index contributed by atoms with van der Waals surface area (Å²) >= 11 is 1.45. The van der Waals surface area contributed by atoms with E-state index in [0.717, 1.165) is 21.9 Å². The number of hydrogen-bond donors (Lipinski definition) is 1. The SMILES string of the molecule is CC(=O)c1ccc(NC(=O)Cc2csc3nc(-c4ccc(F)cc4)cn23)cc1. The lowest BCUT2D eigenvalue weighted by Gasteiger charge is -2.05. The highest BCUT2D eigenvalue weighted by atomic mass is 32.1. The Morgan fingerprint density at radius 3 is 2.50 bits per heavy atom. The van der Waals surface area contributed by atoms with Gasteiger partial charge in [-0.3, -0.25) is 14.0 Å². The van der Waals surface area contributed by atoms with Gasteiger partial charge in [-0.15, -0.1) is 11.3 Å². The second kappa shape index (κ2) is 7.36. The van der Waals surface area contributed by atoms with Crippen LogP contribution in [0.25, 0.3) is 16.2 Å². The highest BCUT2D eigenvalue weighted by Gasteiger charge is 2.13. The molecule has 7 heteroatoms. The van der Waals surface area contributed by atoms with Crippen molar-refractivity contribution in [1.82, 2.24) is 9.38 Å². The maximum atomic E-state index is 13.1. The number of fused-ring (bicyclic) bond motifs is 1. The van der Waals surface area contributed by atoms with Gasteiger partial charge in [0.25, 0.3) is 0 Å². The van der Waals surface area contributed by atoms with Gasteiger partial charge in [-0.2, -0.15) is 0 Å². The standard InChI is InChI=1S/C21H16FN3O2S/c1-13(26)14-4-8-17(9-5-14)23-20(27)10-18-12-28-21-24-19(11-25(18)21)15-2-6-16(22)7-3-15/h2-9,11-12H,10H2,1H3,(H,23,27). The Kier molecular flexibility index (Phi) is 4.75. The molecule has 0 spiro atoms. The molecule has 4 rings (SSSR count). The summed E-state index contributed by atoms with van der Waals surface area (Å²) in [7, 11) is 0. The molecule has 1 N–H and O–H groups in total. The normalized spacial score (nSPS) is 10.9. The van der Waals surface area contributed by atoms with Crippen LogP contribution in [0.1, 0.15) is 23.0 Å². The molecule has 5 nitrogen and oxygen atoms in total. The van der Waals surface area contributed by atoms with Crippen LogP contribution in [0.4, 0.5) is 10.1 Å². The number of Topliss-reactive ketones (excluding diaryl/α,β-unsaturated/α-hetero) is 1. The fraction of sp³-hybridized carbons (Fsp3) is 0.0952. The smallest absolute Gasteiger partial charge is 0.230 e. The van der Waals surface area contributed by atoms with Gasteiger partial charge < -0.3 is 5.32 Å². The first kappa shape index (κ1) is 18.1. The average Bonchev–Trinajstić information content (AvgIpc) is 3.25. The van der Waals surface area contributed by atoms with Gasteiger partial charge in [0.1, 0.15) is 5.82 Å². The molecule has 140 valence electrons. The van der Waals surface area contributed by atoms with Gasteiger partial charge in [0.15, 0.2) is 10.7 Å². The number of nitrogens with zero attached hydrogens (tertiary/aromatic N) is 2. The third-order valence-corrected chi connectivity index (χ3v) is 5.23. The molecule has 0 aliphatic heterocycles. The zero-order valence-electron chi connectivity index (χ0n) is 15.0. The summed E-state index contributed by atoms with van der Waals surface area (Å²) < 4.78 is 15.0. The molecule has 0 bridgehead atoms. The lowest BCUT2D eigenvalue weighted by atomic mass is 10.1. The molecule has 1 amide bonds. The summed E-state index contributed by atoms with van der Waals surface area (Å²) in [5, 5.41) is 4.73. The van der Waals surface area contributed by atoms with E-state index in [9.17, 15) is 14.0 Å². The number of anilines is 1. The predicted molar refractivity (Wildman–Crippen MR) is 107 cm³/mol. The highest BCUT2D eigenvalue weighted by Crippen LogP contribution is 2.24. The lowest BCUT2D eigenvalue weighted by molar-refractivity contribution is -0.115. The first-order valence-electron chi connectivity index (χ1n) is 8.62. The van der Waals surface area contributed by atoms with Gasteiger partial charge in [0.2, 0.25) is 5.91 Å². The number of carbonyl (C=O) groups excluding carboxylic acids is 2. The van der Waals surface area contributed by atoms with Crippen LogP contribution >= 0.6 is 11.3 Å². The number of halogens is 1. The van der Waals surface area contributed by atoms with E-state index in [-0.39, 0.29) is 23.9 Å². The number of benzene rings is 2. The molecule has 4 aromatic rings. The Balaban J connectivity index is 1.50. The van der Waals surface area contributed by atoms with Crippen LogP contribution in [-0.2, 0) is 11.2 Å². The Bertz CT molecular complexity index is 1160. The number of hydrogen-bond acceptors (Lipinski definition) is 4. The molecule has 0 aliphatic rings. The third kappa shape index (κ3) is 3.70. The molecule has 0 saturated heterocycles. The molecule has 0 aliphatic carbocycles. The number of aromatic nitrogens is 2. The van der Waals surface area contributed by atoms with Crippen molar-refractivity contribution in [3.8, 4) is 11.3 Å². The summed E-state index contributed by atoms with van der Waals surface area (Å²) in [6, 6.07) is 12.9. The van der Waals surface area contributed by atoms with Crippen LogP contribution in [0.3, 0.4) is 0 Å². The Morgan fingerprint density at radius 1 is 1.11 bits per heavy atom. The van der Waals surface area contributed by atoms with Crippen molar-refractivity contribution in [2.24, 2.45) is 0 Å². The number of nitrogens with one attached hydrogen (secondary N) is 1. The van der Waals surface area contributed by atoms with Gasteiger partial charge in [0.05, 0.1) is 12.1 Å². The van der Waals surface area contributed by atoms with Crippen molar-refractivity contribution >= 4 is 33.7 Å². The van der Waals surface area contributed by atoms with Gasteiger partial charge in [-0.1, -0.05) is 0 Å². The third-order valence-electron chi connectivity index (χ3n) is 4.34. The van der Waals surface area contributed by atoms with Crippen molar-refractivity contribution in [2.45, 2.75) is 13.3 Å². The van der Waals surface area contributed by atoms with Crippen LogP contribution in [0.5, 0.6) is 0 Å². The van der Waals surface area contributed by atoms with E-state index in [0.29, 0.717) is 11.3 Å². The maximum absolute atomic E-state index is 13.1. The molecule has 2 aromatic heterocycles. The van der Waals surface area contributed by atoms with Crippen molar-refractivity contribution in [1.29, 1.82) is 0 Å². The molecule has 0 radical (unpaired) electrons. The summed E-state index contributed by atoms with van der Waals surface area (Å²) in [6.07, 6.45) is 2.04. The number of carbonyl (C=O) groups is 2. The van der Waals surface area contributed by atoms with Gasteiger partial charge in [0, 0.05) is 34.1 Å². The van der Waals surface area contributed by atoms with Gasteiger partial charge in [-0.05, 0) is 55.5 Å². The molecule has 28 heavy (non-hydrogen) atoms. The Morgan fingerprint density at radius 2 is 1.82 bits per heavy atom. The number of ketones is 1. The fourth-order valence-electron chi connectivity index (χ4n) is 2.87. The van der Waals surface area contributed by atoms with E-state index in [1.165, 1.54) is 30.4 Å². The van der Waals surface area contributed by atoms with Crippen LogP contribution in [-0.4, -0.2) is 21.1 Å². The molecular formula is C21H16FN3O2S. The number of rotatable bonds is 5. The summed E-state index contributed by atoms with van der Waals surface area (Å²) in [5.41, 5.74) is 3.61. The molecule has 0 saturated carbocycles. The van der Waals surface area contributed by atoms with Crippen molar-refractivity contribution in [2.75, 3.05) is 5.32 Å². The number of thiazole rings is 1. The minimum absolute atomic E-state index is 0.0180. The fourth-order valence-corrected chi connectivity index (χ4v) is 3.75. The maximum Gasteiger partial charge on any atom is 0.230 e. The van der Waals surface area contributed by atoms with E-state index in [1.807, 2.05) is 16.0 Å². The highest BCUT2D eigenvalue weighted by molar-refractivity contribution is 7.15. The average molecular weight is 393 g/mol. The molecule has 0 atom stereocenters. The number of amides is 1. The second-order valence-corrected chi connectivity index (χ2v) is 7.21. The first-order valence-corrected chi connectivity index (χ1v) is 9.50. The van der Waals surface area contributed by atoms with Crippen molar-refractivity contribution < 1.29 is 14.0 Å². The minimum atomic E-state index is -0.293. The second-order valence-electron chi connectivity index (χ2n) is 6.37. The molecule has 2 aromatic carbocycles. The monoisotopic (exact) mass is 393 g/mol.